The van der Waals surface area contributed by atoms with E-state index in [9.17, 15) is 4.79 Å². The van der Waals surface area contributed by atoms with E-state index in [1.165, 1.54) is 4.68 Å². The van der Waals surface area contributed by atoms with Gasteiger partial charge < -0.3 is 14.5 Å². The second-order valence-electron chi connectivity index (χ2n) is 5.47. The molecular formula is C18H17N3O3S. The minimum absolute atomic E-state index is 0.0276. The molecule has 3 aromatic rings. The summed E-state index contributed by atoms with van der Waals surface area (Å²) >= 11 is 5.15. The Bertz CT molecular complexity index is 927. The summed E-state index contributed by atoms with van der Waals surface area (Å²) < 4.78 is 11.9. The fourth-order valence-electron chi connectivity index (χ4n) is 2.23. The van der Waals surface area contributed by atoms with Crippen molar-refractivity contribution in [3.8, 4) is 17.2 Å². The van der Waals surface area contributed by atoms with E-state index in [0.717, 1.165) is 16.9 Å². The highest BCUT2D eigenvalue weighted by atomic mass is 32.1. The Morgan fingerprint density at radius 3 is 2.52 bits per heavy atom. The van der Waals surface area contributed by atoms with Gasteiger partial charge in [0.2, 0.25) is 11.8 Å². The Kier molecular flexibility index (Phi) is 4.95. The van der Waals surface area contributed by atoms with Crippen molar-refractivity contribution in [2.45, 2.75) is 13.5 Å². The average Bonchev–Trinajstić information content (AvgIpc) is 2.96. The van der Waals surface area contributed by atoms with Crippen LogP contribution in [-0.2, 0) is 11.3 Å². The number of hydrogen-bond donors (Lipinski definition) is 1. The molecule has 2 aromatic carbocycles. The van der Waals surface area contributed by atoms with Crippen LogP contribution in [0.3, 0.4) is 0 Å². The summed E-state index contributed by atoms with van der Waals surface area (Å²) in [5, 5.41) is 7.07. The minimum atomic E-state index is -0.245. The number of ether oxygens (including phenoxy) is 1. The third-order valence-electron chi connectivity index (χ3n) is 3.57. The molecule has 1 N–H and O–H groups in total. The van der Waals surface area contributed by atoms with Crippen molar-refractivity contribution in [2.75, 3.05) is 12.4 Å². The number of amides is 1. The van der Waals surface area contributed by atoms with E-state index in [1.54, 1.807) is 31.4 Å². The molecule has 1 aromatic heterocycles. The number of aryl methyl sites for hydroxylation is 1. The number of nitrogens with zero attached hydrogens (tertiary/aromatic N) is 2. The SMILES string of the molecule is COc1ccc(NC(=O)Cn2nc(-c3ccc(C)cc3)oc2=S)cc1. The third kappa shape index (κ3) is 4.13. The molecule has 7 heteroatoms. The molecule has 0 aliphatic heterocycles. The topological polar surface area (TPSA) is 69.3 Å². The first kappa shape index (κ1) is 16.9. The lowest BCUT2D eigenvalue weighted by Crippen LogP contribution is -2.19. The molecule has 0 bridgehead atoms. The Hall–Kier alpha value is -2.93. The summed E-state index contributed by atoms with van der Waals surface area (Å²) in [5.41, 5.74) is 2.62. The zero-order valence-corrected chi connectivity index (χ0v) is 14.7. The van der Waals surface area contributed by atoms with Gasteiger partial charge in [0.25, 0.3) is 4.84 Å². The first-order chi connectivity index (χ1) is 12.0. The van der Waals surface area contributed by atoms with Gasteiger partial charge >= 0.3 is 0 Å². The van der Waals surface area contributed by atoms with E-state index in [-0.39, 0.29) is 17.3 Å². The average molecular weight is 355 g/mol. The quantitative estimate of drug-likeness (QED) is 0.705. The second kappa shape index (κ2) is 7.31. The fourth-order valence-corrected chi connectivity index (χ4v) is 2.41. The van der Waals surface area contributed by atoms with Crippen LogP contribution >= 0.6 is 12.2 Å². The van der Waals surface area contributed by atoms with E-state index >= 15 is 0 Å². The molecule has 0 fully saturated rings. The lowest BCUT2D eigenvalue weighted by atomic mass is 10.1. The smallest absolute Gasteiger partial charge is 0.287 e. The van der Waals surface area contributed by atoms with Crippen LogP contribution in [0.1, 0.15) is 5.56 Å². The van der Waals surface area contributed by atoms with Gasteiger partial charge in [0.15, 0.2) is 0 Å². The standard InChI is InChI=1S/C18H17N3O3S/c1-12-3-5-13(6-4-12)17-20-21(18(25)24-17)11-16(22)19-14-7-9-15(23-2)10-8-14/h3-10H,11H2,1-2H3,(H,19,22). The van der Waals surface area contributed by atoms with Crippen molar-refractivity contribution in [1.29, 1.82) is 0 Å². The van der Waals surface area contributed by atoms with E-state index in [1.807, 2.05) is 31.2 Å². The van der Waals surface area contributed by atoms with Crippen LogP contribution in [0.25, 0.3) is 11.5 Å². The molecule has 0 unspecified atom stereocenters. The predicted octanol–water partition coefficient (Wildman–Crippen LogP) is 3.83. The van der Waals surface area contributed by atoms with Crippen molar-refractivity contribution in [1.82, 2.24) is 9.78 Å². The second-order valence-corrected chi connectivity index (χ2v) is 5.82. The van der Waals surface area contributed by atoms with Gasteiger partial charge in [0, 0.05) is 11.3 Å². The maximum atomic E-state index is 12.2. The number of hydrogen-bond acceptors (Lipinski definition) is 5. The number of methoxy groups -OCH3 is 1. The Morgan fingerprint density at radius 2 is 1.88 bits per heavy atom. The minimum Gasteiger partial charge on any atom is -0.497 e. The Balaban J connectivity index is 1.70. The number of anilines is 1. The zero-order valence-electron chi connectivity index (χ0n) is 13.9. The van der Waals surface area contributed by atoms with Crippen LogP contribution < -0.4 is 10.1 Å². The van der Waals surface area contributed by atoms with Gasteiger partial charge in [0.05, 0.1) is 7.11 Å². The number of rotatable bonds is 5. The number of aromatic nitrogens is 2. The Labute approximate surface area is 150 Å². The van der Waals surface area contributed by atoms with Crippen LogP contribution in [0, 0.1) is 11.8 Å². The van der Waals surface area contributed by atoms with E-state index in [4.69, 9.17) is 21.4 Å². The molecule has 128 valence electrons. The monoisotopic (exact) mass is 355 g/mol. The van der Waals surface area contributed by atoms with Gasteiger partial charge in [0.1, 0.15) is 12.3 Å². The van der Waals surface area contributed by atoms with Crippen LogP contribution in [0.2, 0.25) is 0 Å². The van der Waals surface area contributed by atoms with Crippen molar-refractivity contribution in [2.24, 2.45) is 0 Å². The lowest BCUT2D eigenvalue weighted by Gasteiger charge is -2.05. The molecule has 25 heavy (non-hydrogen) atoms. The molecule has 0 aliphatic rings. The highest BCUT2D eigenvalue weighted by Crippen LogP contribution is 2.19. The van der Waals surface area contributed by atoms with Crippen LogP contribution in [-0.4, -0.2) is 22.8 Å². The van der Waals surface area contributed by atoms with Gasteiger partial charge in [-0.2, -0.15) is 0 Å². The van der Waals surface area contributed by atoms with Crippen molar-refractivity contribution >= 4 is 23.8 Å². The summed E-state index contributed by atoms with van der Waals surface area (Å²) in [5.74, 6) is 0.867. The molecular weight excluding hydrogens is 338 g/mol. The number of nitrogens with one attached hydrogen (secondary N) is 1. The van der Waals surface area contributed by atoms with Crippen molar-refractivity contribution < 1.29 is 13.9 Å². The fraction of sp³-hybridized carbons (Fsp3) is 0.167. The number of carbonyl (C=O) groups excluding carboxylic acids is 1. The summed E-state index contributed by atoms with van der Waals surface area (Å²) in [7, 11) is 1.59. The summed E-state index contributed by atoms with van der Waals surface area (Å²) in [6.07, 6.45) is 0. The molecule has 1 amide bonds. The van der Waals surface area contributed by atoms with Gasteiger partial charge in [-0.3, -0.25) is 4.79 Å². The highest BCUT2D eigenvalue weighted by Gasteiger charge is 2.11. The van der Waals surface area contributed by atoms with E-state index in [0.29, 0.717) is 11.6 Å². The first-order valence-corrected chi connectivity index (χ1v) is 8.05. The molecule has 0 saturated heterocycles. The maximum Gasteiger partial charge on any atom is 0.287 e. The first-order valence-electron chi connectivity index (χ1n) is 7.64. The zero-order chi connectivity index (χ0) is 17.8. The van der Waals surface area contributed by atoms with Crippen molar-refractivity contribution in [3.63, 3.8) is 0 Å². The number of carbonyl (C=O) groups is 1. The highest BCUT2D eigenvalue weighted by molar-refractivity contribution is 7.71. The molecule has 0 radical (unpaired) electrons. The molecule has 1 heterocycles. The molecule has 3 rings (SSSR count). The molecule has 6 nitrogen and oxygen atoms in total. The van der Waals surface area contributed by atoms with Gasteiger partial charge in [-0.15, -0.1) is 5.10 Å². The third-order valence-corrected chi connectivity index (χ3v) is 3.87. The Morgan fingerprint density at radius 1 is 1.20 bits per heavy atom. The summed E-state index contributed by atoms with van der Waals surface area (Å²) in [6, 6.07) is 14.8. The summed E-state index contributed by atoms with van der Waals surface area (Å²) in [6.45, 7) is 1.97. The van der Waals surface area contributed by atoms with Crippen molar-refractivity contribution in [3.05, 3.63) is 58.9 Å². The van der Waals surface area contributed by atoms with E-state index < -0.39 is 0 Å². The lowest BCUT2D eigenvalue weighted by molar-refractivity contribution is -0.117. The predicted molar refractivity (Wildman–Crippen MR) is 97.1 cm³/mol. The van der Waals surface area contributed by atoms with Gasteiger partial charge in [-0.25, -0.2) is 4.68 Å². The van der Waals surface area contributed by atoms with Crippen LogP contribution in [0.5, 0.6) is 5.75 Å². The number of benzene rings is 2. The molecule has 0 spiro atoms. The molecule has 0 saturated carbocycles. The van der Waals surface area contributed by atoms with Crippen LogP contribution in [0.15, 0.2) is 52.9 Å². The van der Waals surface area contributed by atoms with Crippen LogP contribution in [0.4, 0.5) is 5.69 Å². The normalized spacial score (nSPS) is 10.5. The molecule has 0 atom stereocenters. The van der Waals surface area contributed by atoms with Gasteiger partial charge in [-0.1, -0.05) is 17.7 Å². The molecule has 0 aliphatic carbocycles. The largest absolute Gasteiger partial charge is 0.497 e. The maximum absolute atomic E-state index is 12.2. The summed E-state index contributed by atoms with van der Waals surface area (Å²) in [4.78, 5) is 12.3. The van der Waals surface area contributed by atoms with E-state index in [2.05, 4.69) is 10.4 Å². The van der Waals surface area contributed by atoms with Gasteiger partial charge in [-0.05, 0) is 55.5 Å².